The van der Waals surface area contributed by atoms with E-state index in [4.69, 9.17) is 0 Å². The van der Waals surface area contributed by atoms with Gasteiger partial charge in [0.1, 0.15) is 0 Å². The van der Waals surface area contributed by atoms with Crippen molar-refractivity contribution in [3.8, 4) is 22.3 Å². The predicted molar refractivity (Wildman–Crippen MR) is 98.3 cm³/mol. The zero-order chi connectivity index (χ0) is 16.5. The molecule has 2 aromatic heterocycles. The average molecular weight is 311 g/mol. The molecule has 0 radical (unpaired) electrons. The lowest BCUT2D eigenvalue weighted by Crippen LogP contribution is -1.94. The Bertz CT molecular complexity index is 1030. The van der Waals surface area contributed by atoms with Crippen molar-refractivity contribution in [2.45, 2.75) is 6.92 Å². The third-order valence-electron chi connectivity index (χ3n) is 4.32. The van der Waals surface area contributed by atoms with Crippen LogP contribution in [0.1, 0.15) is 17.3 Å². The van der Waals surface area contributed by atoms with E-state index in [0.29, 0.717) is 0 Å². The Balaban J connectivity index is 1.96. The Morgan fingerprint density at radius 1 is 0.792 bits per heavy atom. The molecule has 0 spiro atoms. The predicted octanol–water partition coefficient (Wildman–Crippen LogP) is 5.48. The van der Waals surface area contributed by atoms with E-state index in [1.165, 1.54) is 5.56 Å². The highest BCUT2D eigenvalue weighted by molar-refractivity contribution is 5.96. The first kappa shape index (κ1) is 14.5. The normalized spacial score (nSPS) is 10.9. The summed E-state index contributed by atoms with van der Waals surface area (Å²) < 4.78 is 2.14. The number of nitrogens with zero attached hydrogens (tertiary/aromatic N) is 1. The maximum atomic E-state index is 11.7. The third-order valence-corrected chi connectivity index (χ3v) is 4.32. The van der Waals surface area contributed by atoms with Crippen LogP contribution in [0.5, 0.6) is 0 Å². The van der Waals surface area contributed by atoms with E-state index in [2.05, 4.69) is 47.1 Å². The minimum atomic E-state index is 0.0856. The van der Waals surface area contributed by atoms with E-state index in [1.807, 2.05) is 42.5 Å². The molecule has 0 aliphatic rings. The van der Waals surface area contributed by atoms with E-state index in [0.717, 1.165) is 27.8 Å². The highest BCUT2D eigenvalue weighted by Gasteiger charge is 2.09. The fourth-order valence-electron chi connectivity index (χ4n) is 3.08. The van der Waals surface area contributed by atoms with E-state index < -0.39 is 0 Å². The smallest absolute Gasteiger partial charge is 0.159 e. The summed E-state index contributed by atoms with van der Waals surface area (Å²) in [5, 5.41) is 0. The number of hydrogen-bond acceptors (Lipinski definition) is 1. The van der Waals surface area contributed by atoms with Gasteiger partial charge in [-0.3, -0.25) is 4.79 Å². The van der Waals surface area contributed by atoms with Crippen LogP contribution in [0.2, 0.25) is 0 Å². The number of carbonyl (C=O) groups excluding carboxylic acids is 1. The summed E-state index contributed by atoms with van der Waals surface area (Å²) in [5.41, 5.74) is 6.39. The Labute approximate surface area is 141 Å². The zero-order valence-corrected chi connectivity index (χ0v) is 13.4. The number of benzene rings is 2. The van der Waals surface area contributed by atoms with Gasteiger partial charge in [0, 0.05) is 23.5 Å². The van der Waals surface area contributed by atoms with Gasteiger partial charge < -0.3 is 4.40 Å². The molecule has 0 bridgehead atoms. The molecule has 0 unspecified atom stereocenters. The fourth-order valence-corrected chi connectivity index (χ4v) is 3.08. The molecule has 0 atom stereocenters. The third kappa shape index (κ3) is 2.52. The Hall–Kier alpha value is -3.13. The number of hydrogen-bond donors (Lipinski definition) is 0. The van der Waals surface area contributed by atoms with Crippen molar-refractivity contribution in [2.24, 2.45) is 0 Å². The van der Waals surface area contributed by atoms with Gasteiger partial charge in [-0.05, 0) is 47.9 Å². The fraction of sp³-hybridized carbons (Fsp3) is 0.0455. The van der Waals surface area contributed by atoms with Gasteiger partial charge in [-0.15, -0.1) is 0 Å². The quantitative estimate of drug-likeness (QED) is 0.459. The molecule has 4 aromatic rings. The molecule has 0 saturated carbocycles. The van der Waals surface area contributed by atoms with Crippen molar-refractivity contribution in [3.05, 3.63) is 90.8 Å². The van der Waals surface area contributed by atoms with Crippen molar-refractivity contribution in [3.63, 3.8) is 0 Å². The summed E-state index contributed by atoms with van der Waals surface area (Å²) in [6.07, 6.45) is 4.20. The van der Waals surface area contributed by atoms with Crippen molar-refractivity contribution in [2.75, 3.05) is 0 Å². The van der Waals surface area contributed by atoms with Crippen molar-refractivity contribution < 1.29 is 4.79 Å². The summed E-state index contributed by atoms with van der Waals surface area (Å²) in [5.74, 6) is 0.0856. The van der Waals surface area contributed by atoms with Crippen LogP contribution in [0.25, 0.3) is 27.8 Å². The van der Waals surface area contributed by atoms with Crippen molar-refractivity contribution >= 4 is 11.3 Å². The zero-order valence-electron chi connectivity index (χ0n) is 13.4. The number of ketones is 1. The van der Waals surface area contributed by atoms with Crippen LogP contribution in [-0.4, -0.2) is 10.2 Å². The molecule has 4 rings (SSSR count). The molecule has 116 valence electrons. The molecule has 0 aliphatic carbocycles. The molecule has 0 fully saturated rings. The largest absolute Gasteiger partial charge is 0.323 e. The highest BCUT2D eigenvalue weighted by Crippen LogP contribution is 2.31. The number of rotatable bonds is 3. The van der Waals surface area contributed by atoms with E-state index in [9.17, 15) is 4.79 Å². The summed E-state index contributed by atoms with van der Waals surface area (Å²) >= 11 is 0. The second-order valence-corrected chi connectivity index (χ2v) is 5.95. The average Bonchev–Trinajstić information content (AvgIpc) is 3.10. The van der Waals surface area contributed by atoms with Crippen LogP contribution in [0, 0.1) is 0 Å². The van der Waals surface area contributed by atoms with E-state index in [1.54, 1.807) is 6.92 Å². The van der Waals surface area contributed by atoms with Crippen LogP contribution in [-0.2, 0) is 0 Å². The highest BCUT2D eigenvalue weighted by atomic mass is 16.1. The van der Waals surface area contributed by atoms with Gasteiger partial charge >= 0.3 is 0 Å². The Morgan fingerprint density at radius 3 is 2.38 bits per heavy atom. The lowest BCUT2D eigenvalue weighted by atomic mass is 9.98. The molecule has 0 N–H and O–H groups in total. The van der Waals surface area contributed by atoms with Crippen LogP contribution >= 0.6 is 0 Å². The van der Waals surface area contributed by atoms with Gasteiger partial charge in [-0.25, -0.2) is 0 Å². The second kappa shape index (κ2) is 5.82. The van der Waals surface area contributed by atoms with Gasteiger partial charge in [0.15, 0.2) is 5.78 Å². The first-order valence-electron chi connectivity index (χ1n) is 8.00. The first-order valence-corrected chi connectivity index (χ1v) is 8.00. The molecule has 0 aliphatic heterocycles. The number of pyridine rings is 1. The van der Waals surface area contributed by atoms with Crippen LogP contribution < -0.4 is 0 Å². The van der Waals surface area contributed by atoms with Gasteiger partial charge in [0.05, 0.1) is 5.52 Å². The number of Topliss-reactive ketones (excluding diaryl/α,β-unsaturated/α-hetero) is 1. The van der Waals surface area contributed by atoms with Gasteiger partial charge in [-0.1, -0.05) is 48.5 Å². The molecular formula is C22H17NO. The van der Waals surface area contributed by atoms with Crippen molar-refractivity contribution in [1.82, 2.24) is 4.40 Å². The lowest BCUT2D eigenvalue weighted by molar-refractivity contribution is 0.101. The molecule has 2 aromatic carbocycles. The second-order valence-electron chi connectivity index (χ2n) is 5.95. The monoisotopic (exact) mass is 311 g/mol. The molecule has 2 heteroatoms. The van der Waals surface area contributed by atoms with Gasteiger partial charge in [-0.2, -0.15) is 0 Å². The molecule has 0 amide bonds. The maximum Gasteiger partial charge on any atom is 0.159 e. The summed E-state index contributed by atoms with van der Waals surface area (Å²) in [6.45, 7) is 1.60. The molecule has 2 nitrogen and oxygen atoms in total. The molecule has 0 saturated heterocycles. The summed E-state index contributed by atoms with van der Waals surface area (Å²) in [7, 11) is 0. The Kier molecular flexibility index (Phi) is 3.51. The number of carbonyl (C=O) groups is 1. The summed E-state index contributed by atoms with van der Waals surface area (Å²) in [6, 6.07) is 24.5. The van der Waals surface area contributed by atoms with Crippen LogP contribution in [0.15, 0.2) is 85.2 Å². The Morgan fingerprint density at radius 2 is 1.58 bits per heavy atom. The minimum absolute atomic E-state index is 0.0856. The van der Waals surface area contributed by atoms with E-state index >= 15 is 0 Å². The van der Waals surface area contributed by atoms with Crippen LogP contribution in [0.4, 0.5) is 0 Å². The van der Waals surface area contributed by atoms with Crippen LogP contribution in [0.3, 0.4) is 0 Å². The molecular weight excluding hydrogens is 294 g/mol. The van der Waals surface area contributed by atoms with Crippen molar-refractivity contribution in [1.29, 1.82) is 0 Å². The molecule has 2 heterocycles. The molecule has 24 heavy (non-hydrogen) atoms. The standard InChI is InChI=1S/C22H17NO/c1-16(24)18-9-5-10-19(13-18)21-14-20(17-7-3-2-4-8-17)15-23-12-6-11-22(21)23/h2-15H,1H3. The van der Waals surface area contributed by atoms with Gasteiger partial charge in [0.25, 0.3) is 0 Å². The number of fused-ring (bicyclic) bond motifs is 1. The summed E-state index contributed by atoms with van der Waals surface area (Å²) in [4.78, 5) is 11.7. The SMILES string of the molecule is CC(=O)c1cccc(-c2cc(-c3ccccc3)cn3cccc23)c1. The lowest BCUT2D eigenvalue weighted by Gasteiger charge is -2.11. The first-order chi connectivity index (χ1) is 11.7. The topological polar surface area (TPSA) is 21.5 Å². The van der Waals surface area contributed by atoms with E-state index in [-0.39, 0.29) is 5.78 Å². The maximum absolute atomic E-state index is 11.7. The minimum Gasteiger partial charge on any atom is -0.323 e. The van der Waals surface area contributed by atoms with Gasteiger partial charge in [0.2, 0.25) is 0 Å². The number of aromatic nitrogens is 1.